The predicted octanol–water partition coefficient (Wildman–Crippen LogP) is 0.936. The number of benzene rings is 1. The lowest BCUT2D eigenvalue weighted by molar-refractivity contribution is -0.191. The van der Waals surface area contributed by atoms with E-state index in [9.17, 15) is 13.6 Å². The maximum Gasteiger partial charge on any atom is 0.373 e. The highest BCUT2D eigenvalue weighted by molar-refractivity contribution is 5.82. The summed E-state index contributed by atoms with van der Waals surface area (Å²) >= 11 is 0. The summed E-state index contributed by atoms with van der Waals surface area (Å²) in [5.41, 5.74) is -0.136. The maximum atomic E-state index is 13.5. The molecule has 0 spiro atoms. The van der Waals surface area contributed by atoms with Crippen molar-refractivity contribution in [1.82, 2.24) is 5.32 Å². The molecule has 7 heteroatoms. The minimum absolute atomic E-state index is 0.136. The van der Waals surface area contributed by atoms with Crippen molar-refractivity contribution in [1.29, 1.82) is 0 Å². The van der Waals surface area contributed by atoms with Crippen LogP contribution < -0.4 is 5.32 Å². The second-order valence-corrected chi connectivity index (χ2v) is 4.05. The average molecular weight is 271 g/mol. The van der Waals surface area contributed by atoms with E-state index in [2.05, 4.69) is 5.32 Å². The first-order chi connectivity index (χ1) is 8.92. The highest BCUT2D eigenvalue weighted by Crippen LogP contribution is 2.33. The predicted molar refractivity (Wildman–Crippen MR) is 57.9 cm³/mol. The Bertz CT molecular complexity index is 503. The molecule has 2 atom stereocenters. The smallest absolute Gasteiger partial charge is 0.373 e. The zero-order valence-corrected chi connectivity index (χ0v) is 9.94. The van der Waals surface area contributed by atoms with Crippen LogP contribution in [0.15, 0.2) is 12.1 Å². The van der Waals surface area contributed by atoms with Gasteiger partial charge in [0, 0.05) is 36.1 Å². The van der Waals surface area contributed by atoms with Gasteiger partial charge in [0.1, 0.15) is 17.4 Å². The van der Waals surface area contributed by atoms with Gasteiger partial charge >= 0.3 is 6.15 Å². The van der Waals surface area contributed by atoms with Crippen LogP contribution in [0.4, 0.5) is 8.78 Å². The molecule has 0 bridgehead atoms. The number of carbonyl (C=O) groups excluding carboxylic acids is 3. The number of hydrogen-bond acceptors (Lipinski definition) is 4. The van der Waals surface area contributed by atoms with Gasteiger partial charge in [-0.05, 0) is 0 Å². The number of nitrogens with one attached hydrogen (secondary N) is 1. The van der Waals surface area contributed by atoms with E-state index < -0.39 is 29.2 Å². The fraction of sp³-hybridized carbons (Fsp3) is 0.333. The molecule has 19 heavy (non-hydrogen) atoms. The number of amides is 1. The molecule has 1 aromatic carbocycles. The van der Waals surface area contributed by atoms with Crippen molar-refractivity contribution in [2.75, 3.05) is 6.54 Å². The van der Waals surface area contributed by atoms with Gasteiger partial charge in [0.25, 0.3) is 0 Å². The Morgan fingerprint density at radius 1 is 1.32 bits per heavy atom. The summed E-state index contributed by atoms with van der Waals surface area (Å²) in [6.45, 7) is 1.84. The molecule has 1 aliphatic heterocycles. The highest BCUT2D eigenvalue weighted by atomic mass is 19.1. The van der Waals surface area contributed by atoms with Crippen LogP contribution in [0.2, 0.25) is 0 Å². The number of hydrogen-bond donors (Lipinski definition) is 2. The first-order valence-electron chi connectivity index (χ1n) is 5.37. The van der Waals surface area contributed by atoms with Crippen LogP contribution in [0.3, 0.4) is 0 Å². The third-order valence-electron chi connectivity index (χ3n) is 2.95. The Balaban J connectivity index is 0.000000550. The summed E-state index contributed by atoms with van der Waals surface area (Å²) < 4.78 is 27.0. The third kappa shape index (κ3) is 3.14. The molecule has 0 aromatic heterocycles. The molecule has 0 aliphatic carbocycles. The third-order valence-corrected chi connectivity index (χ3v) is 2.95. The Kier molecular flexibility index (Phi) is 4.72. The number of phenols is 1. The molecular weight excluding hydrogens is 260 g/mol. The van der Waals surface area contributed by atoms with E-state index in [-0.39, 0.29) is 24.2 Å². The van der Waals surface area contributed by atoms with Crippen LogP contribution in [-0.4, -0.2) is 23.7 Å². The molecule has 2 N–H and O–H groups in total. The van der Waals surface area contributed by atoms with E-state index in [1.165, 1.54) is 0 Å². The van der Waals surface area contributed by atoms with Gasteiger partial charge in [-0.3, -0.25) is 4.79 Å². The van der Waals surface area contributed by atoms with Crippen LogP contribution in [0.5, 0.6) is 5.75 Å². The van der Waals surface area contributed by atoms with Crippen molar-refractivity contribution >= 4 is 12.1 Å². The minimum atomic E-state index is -0.814. The molecule has 1 fully saturated rings. The SMILES string of the molecule is C[C@@H]1C(=O)NC[C@H]1c1c(F)cc(O)cc1F.O=C=O. The van der Waals surface area contributed by atoms with E-state index in [4.69, 9.17) is 14.7 Å². The summed E-state index contributed by atoms with van der Waals surface area (Å²) in [4.78, 5) is 27.5. The van der Waals surface area contributed by atoms with Crippen molar-refractivity contribution < 1.29 is 28.3 Å². The average Bonchev–Trinajstić information content (AvgIpc) is 2.61. The van der Waals surface area contributed by atoms with Gasteiger partial charge in [-0.15, -0.1) is 0 Å². The van der Waals surface area contributed by atoms with Crippen LogP contribution in [0.1, 0.15) is 18.4 Å². The number of halogens is 2. The van der Waals surface area contributed by atoms with E-state index >= 15 is 0 Å². The second kappa shape index (κ2) is 6.06. The van der Waals surface area contributed by atoms with E-state index in [0.717, 1.165) is 12.1 Å². The fourth-order valence-corrected chi connectivity index (χ4v) is 2.01. The quantitative estimate of drug-likeness (QED) is 0.796. The summed E-state index contributed by atoms with van der Waals surface area (Å²) in [6, 6.07) is 1.71. The molecule has 1 aromatic rings. The Morgan fingerprint density at radius 3 is 2.16 bits per heavy atom. The Morgan fingerprint density at radius 2 is 1.79 bits per heavy atom. The first kappa shape index (κ1) is 14.8. The van der Waals surface area contributed by atoms with Gasteiger partial charge in [0.2, 0.25) is 5.91 Å². The molecule has 1 heterocycles. The lowest BCUT2D eigenvalue weighted by Gasteiger charge is -2.14. The minimum Gasteiger partial charge on any atom is -0.508 e. The zero-order valence-electron chi connectivity index (χ0n) is 9.94. The molecular formula is C12H11F2NO4. The maximum absolute atomic E-state index is 13.5. The molecule has 2 rings (SSSR count). The summed E-state index contributed by atoms with van der Waals surface area (Å²) in [5, 5.41) is 11.6. The molecule has 1 amide bonds. The topological polar surface area (TPSA) is 83.5 Å². The van der Waals surface area contributed by atoms with Gasteiger partial charge < -0.3 is 10.4 Å². The van der Waals surface area contributed by atoms with Crippen LogP contribution >= 0.6 is 0 Å². The molecule has 1 aliphatic rings. The van der Waals surface area contributed by atoms with Crippen molar-refractivity contribution in [3.63, 3.8) is 0 Å². The first-order valence-corrected chi connectivity index (χ1v) is 5.37. The van der Waals surface area contributed by atoms with Gasteiger partial charge in [-0.25, -0.2) is 8.78 Å². The zero-order chi connectivity index (χ0) is 14.6. The summed E-state index contributed by atoms with van der Waals surface area (Å²) in [7, 11) is 0. The number of carbonyl (C=O) groups is 1. The number of phenolic OH excluding ortho intramolecular Hbond substituents is 1. The van der Waals surface area contributed by atoms with Crippen LogP contribution in [0, 0.1) is 17.6 Å². The van der Waals surface area contributed by atoms with Crippen LogP contribution in [-0.2, 0) is 14.4 Å². The van der Waals surface area contributed by atoms with Gasteiger partial charge in [-0.1, -0.05) is 6.92 Å². The molecule has 5 nitrogen and oxygen atoms in total. The van der Waals surface area contributed by atoms with Gasteiger partial charge in [-0.2, -0.15) is 9.59 Å². The lowest BCUT2D eigenvalue weighted by Crippen LogP contribution is -2.17. The Labute approximate surface area is 107 Å². The Hall–Kier alpha value is -2.27. The van der Waals surface area contributed by atoms with Crippen molar-refractivity contribution in [3.8, 4) is 5.75 Å². The summed E-state index contributed by atoms with van der Waals surface area (Å²) in [6.07, 6.45) is 0.250. The lowest BCUT2D eigenvalue weighted by atomic mass is 9.89. The monoisotopic (exact) mass is 271 g/mol. The van der Waals surface area contributed by atoms with Crippen molar-refractivity contribution in [2.45, 2.75) is 12.8 Å². The number of rotatable bonds is 1. The second-order valence-electron chi connectivity index (χ2n) is 4.05. The highest BCUT2D eigenvalue weighted by Gasteiger charge is 2.35. The normalized spacial score (nSPS) is 21.1. The van der Waals surface area contributed by atoms with Crippen molar-refractivity contribution in [2.24, 2.45) is 5.92 Å². The molecule has 0 unspecified atom stereocenters. The van der Waals surface area contributed by atoms with Crippen LogP contribution in [0.25, 0.3) is 0 Å². The van der Waals surface area contributed by atoms with Crippen molar-refractivity contribution in [3.05, 3.63) is 29.3 Å². The number of aromatic hydroxyl groups is 1. The largest absolute Gasteiger partial charge is 0.508 e. The van der Waals surface area contributed by atoms with Gasteiger partial charge in [0.15, 0.2) is 0 Å². The van der Waals surface area contributed by atoms with E-state index in [1.54, 1.807) is 6.92 Å². The van der Waals surface area contributed by atoms with E-state index in [0.29, 0.717) is 0 Å². The summed E-state index contributed by atoms with van der Waals surface area (Å²) in [5.74, 6) is -3.28. The molecule has 0 radical (unpaired) electrons. The molecule has 102 valence electrons. The van der Waals surface area contributed by atoms with Gasteiger partial charge in [0.05, 0.1) is 0 Å². The standard InChI is InChI=1S/C11H11F2NO2.CO2/c1-5-7(4-14-11(5)16)10-8(12)2-6(15)3-9(10)13;2-1-3/h2-3,5,7,15H,4H2,1H3,(H,14,16);/t5-,7+;/m0./s1. The molecule has 1 saturated heterocycles. The molecule has 0 saturated carbocycles. The van der Waals surface area contributed by atoms with E-state index in [1.807, 2.05) is 0 Å². The fourth-order valence-electron chi connectivity index (χ4n) is 2.01.